The fourth-order valence-electron chi connectivity index (χ4n) is 6.04. The summed E-state index contributed by atoms with van der Waals surface area (Å²) in [5.41, 5.74) is -0.375. The number of rotatable bonds is 4. The Morgan fingerprint density at radius 3 is 2.59 bits per heavy atom. The molecule has 1 aromatic carbocycles. The number of nitrogens with one attached hydrogen (secondary N) is 1. The summed E-state index contributed by atoms with van der Waals surface area (Å²) in [5.74, 6) is 0.371. The molecular formula is C18H22FN5O2S. The molecule has 0 aliphatic heterocycles. The molecular weight excluding hydrogens is 369 g/mol. The zero-order valence-corrected chi connectivity index (χ0v) is 15.9. The molecule has 7 nitrogen and oxygen atoms in total. The number of halogens is 1. The van der Waals surface area contributed by atoms with Gasteiger partial charge in [-0.1, -0.05) is 6.07 Å². The van der Waals surface area contributed by atoms with E-state index in [4.69, 9.17) is 0 Å². The van der Waals surface area contributed by atoms with Crippen LogP contribution < -0.4 is 4.72 Å². The van der Waals surface area contributed by atoms with Gasteiger partial charge in [-0.15, -0.1) is 10.2 Å². The highest BCUT2D eigenvalue weighted by Crippen LogP contribution is 2.60. The minimum atomic E-state index is -3.81. The molecule has 1 N–H and O–H groups in total. The van der Waals surface area contributed by atoms with Crippen molar-refractivity contribution in [2.24, 2.45) is 11.8 Å². The maximum absolute atomic E-state index is 13.9. The largest absolute Gasteiger partial charge is 0.241 e. The molecule has 0 saturated heterocycles. The van der Waals surface area contributed by atoms with E-state index in [1.165, 1.54) is 18.5 Å². The van der Waals surface area contributed by atoms with E-state index in [1.54, 1.807) is 11.7 Å². The standard InChI is InChI=1S/C18H22FN5O2S/c1-12-2-3-15(5-16(12)19)27(25,26)22-17-6-13-4-14(7-17)9-18(8-13,10-17)24-21-11-20-23-24/h2-3,5,11,13-14,22H,4,6-10H2,1H3. The average molecular weight is 391 g/mol. The number of hydrogen-bond acceptors (Lipinski definition) is 5. The van der Waals surface area contributed by atoms with Crippen molar-refractivity contribution in [1.29, 1.82) is 0 Å². The molecule has 144 valence electrons. The predicted octanol–water partition coefficient (Wildman–Crippen LogP) is 2.15. The number of benzene rings is 1. The Balaban J connectivity index is 1.50. The van der Waals surface area contributed by atoms with Crippen molar-refractivity contribution < 1.29 is 12.8 Å². The van der Waals surface area contributed by atoms with Gasteiger partial charge in [-0.2, -0.15) is 4.80 Å². The highest BCUT2D eigenvalue weighted by atomic mass is 32.2. The van der Waals surface area contributed by atoms with E-state index < -0.39 is 21.4 Å². The van der Waals surface area contributed by atoms with Crippen LogP contribution in [-0.4, -0.2) is 34.2 Å². The number of hydrogen-bond donors (Lipinski definition) is 1. The van der Waals surface area contributed by atoms with Crippen LogP contribution in [-0.2, 0) is 15.6 Å². The van der Waals surface area contributed by atoms with Crippen molar-refractivity contribution in [3.63, 3.8) is 0 Å². The molecule has 4 aliphatic rings. The van der Waals surface area contributed by atoms with Crippen LogP contribution in [0.3, 0.4) is 0 Å². The Morgan fingerprint density at radius 2 is 1.96 bits per heavy atom. The minimum Gasteiger partial charge on any atom is -0.207 e. The zero-order chi connectivity index (χ0) is 18.9. The van der Waals surface area contributed by atoms with Crippen molar-refractivity contribution in [3.05, 3.63) is 35.9 Å². The summed E-state index contributed by atoms with van der Waals surface area (Å²) < 4.78 is 43.0. The van der Waals surface area contributed by atoms with E-state index in [9.17, 15) is 12.8 Å². The third kappa shape index (κ3) is 2.70. The molecule has 4 saturated carbocycles. The van der Waals surface area contributed by atoms with Gasteiger partial charge in [0.1, 0.15) is 5.82 Å². The van der Waals surface area contributed by atoms with Crippen molar-refractivity contribution >= 4 is 10.0 Å². The van der Waals surface area contributed by atoms with E-state index >= 15 is 0 Å². The minimum absolute atomic E-state index is 0.0192. The summed E-state index contributed by atoms with van der Waals surface area (Å²) >= 11 is 0. The van der Waals surface area contributed by atoms with E-state index in [1.807, 2.05) is 0 Å². The van der Waals surface area contributed by atoms with Gasteiger partial charge < -0.3 is 0 Å². The molecule has 4 fully saturated rings. The van der Waals surface area contributed by atoms with Gasteiger partial charge in [-0.3, -0.25) is 0 Å². The van der Waals surface area contributed by atoms with Gasteiger partial charge in [0.15, 0.2) is 6.33 Å². The molecule has 1 aromatic heterocycles. The molecule has 0 spiro atoms. The molecule has 27 heavy (non-hydrogen) atoms. The lowest BCUT2D eigenvalue weighted by molar-refractivity contribution is -0.0768. The van der Waals surface area contributed by atoms with Crippen molar-refractivity contribution in [2.75, 3.05) is 0 Å². The lowest BCUT2D eigenvalue weighted by Gasteiger charge is -2.61. The maximum Gasteiger partial charge on any atom is 0.241 e. The van der Waals surface area contributed by atoms with Crippen LogP contribution >= 0.6 is 0 Å². The lowest BCUT2D eigenvalue weighted by atomic mass is 9.50. The van der Waals surface area contributed by atoms with Crippen molar-refractivity contribution in [2.45, 2.75) is 61.4 Å². The summed E-state index contributed by atoms with van der Waals surface area (Å²) in [4.78, 5) is 1.67. The quantitative estimate of drug-likeness (QED) is 0.863. The number of tetrazole rings is 1. The summed E-state index contributed by atoms with van der Waals surface area (Å²) in [7, 11) is -3.81. The van der Waals surface area contributed by atoms with Crippen molar-refractivity contribution in [1.82, 2.24) is 24.9 Å². The third-order valence-electron chi connectivity index (χ3n) is 6.61. The Bertz CT molecular complexity index is 977. The molecule has 0 amide bonds. The van der Waals surface area contributed by atoms with Crippen molar-refractivity contribution in [3.8, 4) is 0 Å². The van der Waals surface area contributed by atoms with Crippen LogP contribution in [0.1, 0.15) is 44.1 Å². The van der Waals surface area contributed by atoms with E-state index in [-0.39, 0.29) is 10.4 Å². The number of nitrogens with zero attached hydrogens (tertiary/aromatic N) is 4. The zero-order valence-electron chi connectivity index (χ0n) is 15.1. The van der Waals surface area contributed by atoms with Crippen LogP contribution in [0, 0.1) is 24.6 Å². The molecule has 2 atom stereocenters. The van der Waals surface area contributed by atoms with Gasteiger partial charge in [0.2, 0.25) is 10.0 Å². The smallest absolute Gasteiger partial charge is 0.207 e. The van der Waals surface area contributed by atoms with E-state index in [0.29, 0.717) is 23.8 Å². The summed E-state index contributed by atoms with van der Waals surface area (Å²) in [5, 5.41) is 12.3. The SMILES string of the molecule is Cc1ccc(S(=O)(=O)NC23CC4CC(C2)CC(n2ncnn2)(C4)C3)cc1F. The predicted molar refractivity (Wildman–Crippen MR) is 94.7 cm³/mol. The molecule has 1 heterocycles. The Morgan fingerprint density at radius 1 is 1.22 bits per heavy atom. The van der Waals surface area contributed by atoms with Crippen LogP contribution in [0.4, 0.5) is 4.39 Å². The topological polar surface area (TPSA) is 89.8 Å². The highest BCUT2D eigenvalue weighted by molar-refractivity contribution is 7.89. The van der Waals surface area contributed by atoms with Gasteiger partial charge >= 0.3 is 0 Å². The maximum atomic E-state index is 13.9. The van der Waals surface area contributed by atoms with Crippen LogP contribution in [0.25, 0.3) is 0 Å². The van der Waals surface area contributed by atoms with Gasteiger partial charge in [0, 0.05) is 5.54 Å². The first kappa shape index (κ1) is 17.2. The first-order chi connectivity index (χ1) is 12.8. The van der Waals surface area contributed by atoms with Gasteiger partial charge in [-0.25, -0.2) is 17.5 Å². The second kappa shape index (κ2) is 5.57. The van der Waals surface area contributed by atoms with Gasteiger partial charge in [0.25, 0.3) is 0 Å². The fourth-order valence-corrected chi connectivity index (χ4v) is 7.47. The summed E-state index contributed by atoms with van der Waals surface area (Å²) in [6.45, 7) is 1.62. The van der Waals surface area contributed by atoms with E-state index in [2.05, 4.69) is 20.1 Å². The highest BCUT2D eigenvalue weighted by Gasteiger charge is 2.60. The Hall–Kier alpha value is -1.87. The lowest BCUT2D eigenvalue weighted by Crippen LogP contribution is -2.66. The second-order valence-electron chi connectivity index (χ2n) is 8.71. The molecule has 6 rings (SSSR count). The second-order valence-corrected chi connectivity index (χ2v) is 10.4. The van der Waals surface area contributed by atoms with Gasteiger partial charge in [0.05, 0.1) is 10.4 Å². The van der Waals surface area contributed by atoms with Crippen LogP contribution in [0.5, 0.6) is 0 Å². The Labute approximate surface area is 157 Å². The van der Waals surface area contributed by atoms with Gasteiger partial charge in [-0.05, 0) is 80.2 Å². The number of sulfonamides is 1. The molecule has 9 heteroatoms. The monoisotopic (exact) mass is 391 g/mol. The summed E-state index contributed by atoms with van der Waals surface area (Å²) in [6, 6.07) is 4.08. The normalized spacial score (nSPS) is 34.9. The third-order valence-corrected chi connectivity index (χ3v) is 8.18. The first-order valence-electron chi connectivity index (χ1n) is 9.33. The molecule has 2 aromatic rings. The van der Waals surface area contributed by atoms with Crippen LogP contribution in [0.2, 0.25) is 0 Å². The molecule has 2 unspecified atom stereocenters. The summed E-state index contributed by atoms with van der Waals surface area (Å²) in [6.07, 6.45) is 6.76. The van der Waals surface area contributed by atoms with Crippen LogP contribution in [0.15, 0.2) is 29.4 Å². The molecule has 4 bridgehead atoms. The Kier molecular flexibility index (Phi) is 3.56. The van der Waals surface area contributed by atoms with E-state index in [0.717, 1.165) is 38.2 Å². The molecule has 4 aliphatic carbocycles. The molecule has 0 radical (unpaired) electrons. The average Bonchev–Trinajstić information content (AvgIpc) is 3.10. The first-order valence-corrected chi connectivity index (χ1v) is 10.8. The fraction of sp³-hybridized carbons (Fsp3) is 0.611. The number of aryl methyl sites for hydroxylation is 1. The number of aromatic nitrogens is 4.